The summed E-state index contributed by atoms with van der Waals surface area (Å²) in [6, 6.07) is 8.79. The van der Waals surface area contributed by atoms with Crippen molar-refractivity contribution in [3.8, 4) is 11.5 Å². The third-order valence-electron chi connectivity index (χ3n) is 3.05. The Morgan fingerprint density at radius 3 is 2.88 bits per heavy atom. The molecule has 2 aromatic rings. The van der Waals surface area contributed by atoms with Crippen LogP contribution in [0, 0.1) is 17.0 Å². The standard InChI is InChI=1S/C16H14ClN3O5/c1-10-2-5-15(13(6-10)20(23)24)25-9-16(22)19-18-8-11-7-12(17)3-4-14(11)21/h2-8,21H,9H2,1H3,(H,19,22)/b18-8+. The number of hydrogen-bond donors (Lipinski definition) is 2. The average molecular weight is 364 g/mol. The quantitative estimate of drug-likeness (QED) is 0.465. The number of nitro benzene ring substituents is 1. The van der Waals surface area contributed by atoms with Crippen LogP contribution in [0.2, 0.25) is 5.02 Å². The van der Waals surface area contributed by atoms with Crippen molar-refractivity contribution in [2.75, 3.05) is 6.61 Å². The van der Waals surface area contributed by atoms with Gasteiger partial charge < -0.3 is 9.84 Å². The van der Waals surface area contributed by atoms with Gasteiger partial charge in [0.15, 0.2) is 12.4 Å². The summed E-state index contributed by atoms with van der Waals surface area (Å²) in [7, 11) is 0. The largest absolute Gasteiger partial charge is 0.507 e. The Kier molecular flexibility index (Phi) is 5.91. The van der Waals surface area contributed by atoms with Gasteiger partial charge in [0.1, 0.15) is 5.75 Å². The highest BCUT2D eigenvalue weighted by atomic mass is 35.5. The number of aryl methyl sites for hydroxylation is 1. The van der Waals surface area contributed by atoms with Crippen LogP contribution in [0.3, 0.4) is 0 Å². The van der Waals surface area contributed by atoms with Crippen molar-refractivity contribution in [1.82, 2.24) is 5.43 Å². The predicted molar refractivity (Wildman–Crippen MR) is 92.2 cm³/mol. The lowest BCUT2D eigenvalue weighted by atomic mass is 10.2. The lowest BCUT2D eigenvalue weighted by Gasteiger charge is -2.06. The molecule has 130 valence electrons. The van der Waals surface area contributed by atoms with Gasteiger partial charge in [0.2, 0.25) is 0 Å². The number of benzene rings is 2. The fraction of sp³-hybridized carbons (Fsp3) is 0.125. The van der Waals surface area contributed by atoms with Crippen molar-refractivity contribution < 1.29 is 19.6 Å². The number of nitrogens with one attached hydrogen (secondary N) is 1. The van der Waals surface area contributed by atoms with Crippen LogP contribution in [0.25, 0.3) is 0 Å². The first-order chi connectivity index (χ1) is 11.9. The first-order valence-corrected chi connectivity index (χ1v) is 7.43. The maximum absolute atomic E-state index is 11.7. The smallest absolute Gasteiger partial charge is 0.311 e. The number of hydrogen-bond acceptors (Lipinski definition) is 6. The highest BCUT2D eigenvalue weighted by Crippen LogP contribution is 2.27. The molecule has 0 atom stereocenters. The zero-order valence-corrected chi connectivity index (χ0v) is 13.9. The zero-order valence-electron chi connectivity index (χ0n) is 13.1. The van der Waals surface area contributed by atoms with E-state index < -0.39 is 17.4 Å². The molecule has 0 bridgehead atoms. The van der Waals surface area contributed by atoms with Crippen LogP contribution < -0.4 is 10.2 Å². The summed E-state index contributed by atoms with van der Waals surface area (Å²) >= 11 is 5.79. The summed E-state index contributed by atoms with van der Waals surface area (Å²) in [5.41, 5.74) is 2.99. The Balaban J connectivity index is 1.94. The molecule has 2 N–H and O–H groups in total. The number of phenolic OH excluding ortho intramolecular Hbond substituents is 1. The van der Waals surface area contributed by atoms with Gasteiger partial charge in [0, 0.05) is 16.7 Å². The summed E-state index contributed by atoms with van der Waals surface area (Å²) in [6.07, 6.45) is 1.22. The Morgan fingerprint density at radius 1 is 1.40 bits per heavy atom. The third kappa shape index (κ3) is 5.18. The van der Waals surface area contributed by atoms with Crippen LogP contribution >= 0.6 is 11.6 Å². The molecule has 0 aliphatic heterocycles. The Labute approximate surface area is 147 Å². The maximum atomic E-state index is 11.7. The molecule has 0 saturated heterocycles. The van der Waals surface area contributed by atoms with Gasteiger partial charge in [0.05, 0.1) is 11.1 Å². The maximum Gasteiger partial charge on any atom is 0.311 e. The van der Waals surface area contributed by atoms with Crippen LogP contribution in [-0.4, -0.2) is 28.8 Å². The molecule has 0 aliphatic carbocycles. The number of nitrogens with zero attached hydrogens (tertiary/aromatic N) is 2. The van der Waals surface area contributed by atoms with Crippen molar-refractivity contribution in [1.29, 1.82) is 0 Å². The second-order valence-corrected chi connectivity index (χ2v) is 5.45. The minimum Gasteiger partial charge on any atom is -0.507 e. The van der Waals surface area contributed by atoms with Gasteiger partial charge in [-0.25, -0.2) is 5.43 Å². The van der Waals surface area contributed by atoms with Crippen molar-refractivity contribution in [3.05, 3.63) is 62.7 Å². The number of nitro groups is 1. The molecule has 0 saturated carbocycles. The van der Waals surface area contributed by atoms with E-state index in [9.17, 15) is 20.0 Å². The fourth-order valence-electron chi connectivity index (χ4n) is 1.87. The molecule has 0 spiro atoms. The minimum absolute atomic E-state index is 0.0118. The van der Waals surface area contributed by atoms with E-state index in [1.807, 2.05) is 0 Å². The molecule has 9 heteroatoms. The molecule has 2 aromatic carbocycles. The molecular weight excluding hydrogens is 350 g/mol. The summed E-state index contributed by atoms with van der Waals surface area (Å²) in [6.45, 7) is 1.26. The SMILES string of the molecule is Cc1ccc(OCC(=O)N/N=C/c2cc(Cl)ccc2O)c([N+](=O)[O-])c1. The lowest BCUT2D eigenvalue weighted by molar-refractivity contribution is -0.385. The van der Waals surface area contributed by atoms with Crippen LogP contribution in [0.1, 0.15) is 11.1 Å². The van der Waals surface area contributed by atoms with Gasteiger partial charge in [-0.2, -0.15) is 5.10 Å². The van der Waals surface area contributed by atoms with E-state index in [0.717, 1.165) is 0 Å². The van der Waals surface area contributed by atoms with E-state index in [1.165, 1.54) is 36.5 Å². The molecule has 1 amide bonds. The van der Waals surface area contributed by atoms with E-state index >= 15 is 0 Å². The number of phenols is 1. The zero-order chi connectivity index (χ0) is 18.4. The van der Waals surface area contributed by atoms with Gasteiger partial charge in [-0.05, 0) is 36.8 Å². The van der Waals surface area contributed by atoms with Crippen LogP contribution in [-0.2, 0) is 4.79 Å². The minimum atomic E-state index is -0.618. The van der Waals surface area contributed by atoms with Crippen LogP contribution in [0.15, 0.2) is 41.5 Å². The molecule has 2 rings (SSSR count). The number of hydrazone groups is 1. The summed E-state index contributed by atoms with van der Waals surface area (Å²) < 4.78 is 5.16. The summed E-state index contributed by atoms with van der Waals surface area (Å²) in [4.78, 5) is 22.1. The number of amides is 1. The van der Waals surface area contributed by atoms with Crippen LogP contribution in [0.4, 0.5) is 5.69 Å². The number of carbonyl (C=O) groups is 1. The molecular formula is C16H14ClN3O5. The first-order valence-electron chi connectivity index (χ1n) is 7.05. The molecule has 8 nitrogen and oxygen atoms in total. The van der Waals surface area contributed by atoms with Crippen molar-refractivity contribution in [2.24, 2.45) is 5.10 Å². The molecule has 0 aliphatic rings. The Bertz CT molecular complexity index is 839. The third-order valence-corrected chi connectivity index (χ3v) is 3.29. The predicted octanol–water partition coefficient (Wildman–Crippen LogP) is 2.79. The first kappa shape index (κ1) is 18.2. The van der Waals surface area contributed by atoms with E-state index in [4.69, 9.17) is 16.3 Å². The second kappa shape index (κ2) is 8.11. The molecule has 25 heavy (non-hydrogen) atoms. The van der Waals surface area contributed by atoms with Crippen molar-refractivity contribution in [2.45, 2.75) is 6.92 Å². The van der Waals surface area contributed by atoms with Crippen molar-refractivity contribution in [3.63, 3.8) is 0 Å². The van der Waals surface area contributed by atoms with E-state index in [1.54, 1.807) is 13.0 Å². The Morgan fingerprint density at radius 2 is 2.16 bits per heavy atom. The number of ether oxygens (including phenoxy) is 1. The van der Waals surface area contributed by atoms with Gasteiger partial charge in [-0.1, -0.05) is 17.7 Å². The van der Waals surface area contributed by atoms with E-state index in [2.05, 4.69) is 10.5 Å². The average Bonchev–Trinajstić information content (AvgIpc) is 2.56. The fourth-order valence-corrected chi connectivity index (χ4v) is 2.05. The number of aromatic hydroxyl groups is 1. The normalized spacial score (nSPS) is 10.6. The van der Waals surface area contributed by atoms with Crippen LogP contribution in [0.5, 0.6) is 11.5 Å². The lowest BCUT2D eigenvalue weighted by Crippen LogP contribution is -2.24. The monoisotopic (exact) mass is 363 g/mol. The Hall–Kier alpha value is -3.13. The van der Waals surface area contributed by atoms with Gasteiger partial charge >= 0.3 is 5.69 Å². The number of carbonyl (C=O) groups excluding carboxylic acids is 1. The molecule has 0 unspecified atom stereocenters. The molecule has 0 fully saturated rings. The topological polar surface area (TPSA) is 114 Å². The molecule has 0 aromatic heterocycles. The molecule has 0 heterocycles. The van der Waals surface area contributed by atoms with Crippen molar-refractivity contribution >= 4 is 29.4 Å². The highest BCUT2D eigenvalue weighted by Gasteiger charge is 2.16. The van der Waals surface area contributed by atoms with Gasteiger partial charge in [-0.15, -0.1) is 0 Å². The highest BCUT2D eigenvalue weighted by molar-refractivity contribution is 6.30. The van der Waals surface area contributed by atoms with E-state index in [0.29, 0.717) is 16.1 Å². The van der Waals surface area contributed by atoms with E-state index in [-0.39, 0.29) is 17.2 Å². The van der Waals surface area contributed by atoms with Gasteiger partial charge in [0.25, 0.3) is 5.91 Å². The summed E-state index contributed by atoms with van der Waals surface area (Å²) in [5.74, 6) is -0.677. The van der Waals surface area contributed by atoms with Gasteiger partial charge in [-0.3, -0.25) is 14.9 Å². The second-order valence-electron chi connectivity index (χ2n) is 5.01. The number of rotatable bonds is 6. The summed E-state index contributed by atoms with van der Waals surface area (Å²) in [5, 5.41) is 24.7. The molecule has 0 radical (unpaired) electrons. The number of halogens is 1.